The van der Waals surface area contributed by atoms with Gasteiger partial charge in [0.05, 0.1) is 0 Å². The SMILES string of the molecule is CNc1cccc(C(=O)NCC2CCN(C)C2)c1. The summed E-state index contributed by atoms with van der Waals surface area (Å²) in [5, 5.41) is 6.06. The fourth-order valence-corrected chi connectivity index (χ4v) is 2.35. The van der Waals surface area contributed by atoms with Crippen LogP contribution in [0.2, 0.25) is 0 Å². The molecule has 1 aromatic rings. The van der Waals surface area contributed by atoms with Gasteiger partial charge in [0.1, 0.15) is 0 Å². The Labute approximate surface area is 108 Å². The highest BCUT2D eigenvalue weighted by Crippen LogP contribution is 2.14. The number of hydrogen-bond donors (Lipinski definition) is 2. The lowest BCUT2D eigenvalue weighted by molar-refractivity contribution is 0.0947. The summed E-state index contributed by atoms with van der Waals surface area (Å²) in [6.45, 7) is 2.99. The number of carbonyl (C=O) groups is 1. The molecule has 1 amide bonds. The summed E-state index contributed by atoms with van der Waals surface area (Å²) in [5.74, 6) is 0.605. The molecule has 0 radical (unpaired) electrons. The van der Waals surface area contributed by atoms with Gasteiger partial charge in [-0.1, -0.05) is 6.07 Å². The van der Waals surface area contributed by atoms with Crippen LogP contribution in [-0.2, 0) is 0 Å². The van der Waals surface area contributed by atoms with E-state index in [0.717, 1.165) is 25.3 Å². The Balaban J connectivity index is 1.87. The molecule has 0 spiro atoms. The number of hydrogen-bond acceptors (Lipinski definition) is 3. The van der Waals surface area contributed by atoms with Crippen LogP contribution in [0.4, 0.5) is 5.69 Å². The van der Waals surface area contributed by atoms with Gasteiger partial charge < -0.3 is 15.5 Å². The van der Waals surface area contributed by atoms with E-state index in [1.165, 1.54) is 6.42 Å². The monoisotopic (exact) mass is 247 g/mol. The van der Waals surface area contributed by atoms with Crippen molar-refractivity contribution in [2.45, 2.75) is 6.42 Å². The number of likely N-dealkylation sites (tertiary alicyclic amines) is 1. The maximum absolute atomic E-state index is 12.0. The molecule has 1 aliphatic heterocycles. The molecular weight excluding hydrogens is 226 g/mol. The first-order valence-electron chi connectivity index (χ1n) is 6.43. The average Bonchev–Trinajstić information content (AvgIpc) is 2.82. The van der Waals surface area contributed by atoms with E-state index in [2.05, 4.69) is 22.6 Å². The Morgan fingerprint density at radius 1 is 1.50 bits per heavy atom. The molecule has 0 bridgehead atoms. The quantitative estimate of drug-likeness (QED) is 0.845. The maximum atomic E-state index is 12.0. The fourth-order valence-electron chi connectivity index (χ4n) is 2.35. The van der Waals surface area contributed by atoms with Gasteiger partial charge in [0.2, 0.25) is 0 Å². The van der Waals surface area contributed by atoms with Crippen LogP contribution in [0.5, 0.6) is 0 Å². The van der Waals surface area contributed by atoms with E-state index in [4.69, 9.17) is 0 Å². The molecule has 1 atom stereocenters. The number of carbonyl (C=O) groups excluding carboxylic acids is 1. The zero-order valence-electron chi connectivity index (χ0n) is 11.1. The van der Waals surface area contributed by atoms with Crippen LogP contribution >= 0.6 is 0 Å². The number of rotatable bonds is 4. The van der Waals surface area contributed by atoms with Gasteiger partial charge in [-0.3, -0.25) is 4.79 Å². The lowest BCUT2D eigenvalue weighted by atomic mass is 10.1. The van der Waals surface area contributed by atoms with Crippen molar-refractivity contribution in [1.82, 2.24) is 10.2 Å². The van der Waals surface area contributed by atoms with E-state index >= 15 is 0 Å². The summed E-state index contributed by atoms with van der Waals surface area (Å²) in [7, 11) is 3.98. The first-order chi connectivity index (χ1) is 8.69. The van der Waals surface area contributed by atoms with Crippen molar-refractivity contribution in [3.05, 3.63) is 29.8 Å². The van der Waals surface area contributed by atoms with Gasteiger partial charge >= 0.3 is 0 Å². The minimum Gasteiger partial charge on any atom is -0.388 e. The van der Waals surface area contributed by atoms with Gasteiger partial charge in [0.15, 0.2) is 0 Å². The lowest BCUT2D eigenvalue weighted by Gasteiger charge is -2.12. The van der Waals surface area contributed by atoms with E-state index in [1.807, 2.05) is 31.3 Å². The largest absolute Gasteiger partial charge is 0.388 e. The molecule has 0 saturated carbocycles. The van der Waals surface area contributed by atoms with Gasteiger partial charge in [0.25, 0.3) is 5.91 Å². The van der Waals surface area contributed by atoms with E-state index in [0.29, 0.717) is 11.5 Å². The summed E-state index contributed by atoms with van der Waals surface area (Å²) >= 11 is 0. The van der Waals surface area contributed by atoms with E-state index < -0.39 is 0 Å². The van der Waals surface area contributed by atoms with Crippen molar-refractivity contribution >= 4 is 11.6 Å². The molecule has 4 heteroatoms. The minimum atomic E-state index is 0.0154. The topological polar surface area (TPSA) is 44.4 Å². The van der Waals surface area contributed by atoms with E-state index in [-0.39, 0.29) is 5.91 Å². The van der Waals surface area contributed by atoms with E-state index in [9.17, 15) is 4.79 Å². The highest BCUT2D eigenvalue weighted by Gasteiger charge is 2.19. The van der Waals surface area contributed by atoms with Crippen molar-refractivity contribution in [2.24, 2.45) is 5.92 Å². The second-order valence-electron chi connectivity index (χ2n) is 4.96. The maximum Gasteiger partial charge on any atom is 0.251 e. The van der Waals surface area contributed by atoms with Gasteiger partial charge in [0, 0.05) is 31.4 Å². The van der Waals surface area contributed by atoms with Crippen LogP contribution in [0.25, 0.3) is 0 Å². The van der Waals surface area contributed by atoms with Gasteiger partial charge in [-0.2, -0.15) is 0 Å². The minimum absolute atomic E-state index is 0.0154. The van der Waals surface area contributed by atoms with Crippen molar-refractivity contribution in [1.29, 1.82) is 0 Å². The molecule has 1 aliphatic rings. The van der Waals surface area contributed by atoms with Crippen LogP contribution in [0, 0.1) is 5.92 Å². The molecule has 1 unspecified atom stereocenters. The zero-order valence-corrected chi connectivity index (χ0v) is 11.1. The second kappa shape index (κ2) is 5.87. The lowest BCUT2D eigenvalue weighted by Crippen LogP contribution is -2.30. The number of anilines is 1. The molecule has 1 heterocycles. The number of amides is 1. The van der Waals surface area contributed by atoms with Crippen molar-refractivity contribution in [3.63, 3.8) is 0 Å². The molecule has 4 nitrogen and oxygen atoms in total. The molecule has 2 N–H and O–H groups in total. The fraction of sp³-hybridized carbons (Fsp3) is 0.500. The number of nitrogens with one attached hydrogen (secondary N) is 2. The third kappa shape index (κ3) is 3.23. The predicted octanol–water partition coefficient (Wildman–Crippen LogP) is 1.41. The summed E-state index contributed by atoms with van der Waals surface area (Å²) in [4.78, 5) is 14.3. The summed E-state index contributed by atoms with van der Waals surface area (Å²) in [5.41, 5.74) is 1.68. The highest BCUT2D eigenvalue weighted by molar-refractivity contribution is 5.95. The van der Waals surface area contributed by atoms with Crippen LogP contribution in [-0.4, -0.2) is 44.5 Å². The Morgan fingerprint density at radius 3 is 3.00 bits per heavy atom. The molecule has 0 aliphatic carbocycles. The normalized spacial score (nSPS) is 19.8. The third-order valence-corrected chi connectivity index (χ3v) is 3.45. The first-order valence-corrected chi connectivity index (χ1v) is 6.43. The Morgan fingerprint density at radius 2 is 2.33 bits per heavy atom. The van der Waals surface area contributed by atoms with Crippen molar-refractivity contribution < 1.29 is 4.79 Å². The average molecular weight is 247 g/mol. The Kier molecular flexibility index (Phi) is 4.20. The van der Waals surface area contributed by atoms with Gasteiger partial charge in [-0.15, -0.1) is 0 Å². The summed E-state index contributed by atoms with van der Waals surface area (Å²) < 4.78 is 0. The van der Waals surface area contributed by atoms with Crippen LogP contribution in [0.15, 0.2) is 24.3 Å². The molecule has 18 heavy (non-hydrogen) atoms. The smallest absolute Gasteiger partial charge is 0.251 e. The Bertz CT molecular complexity index is 419. The van der Waals surface area contributed by atoms with Crippen molar-refractivity contribution in [2.75, 3.05) is 39.0 Å². The highest BCUT2D eigenvalue weighted by atomic mass is 16.1. The first kappa shape index (κ1) is 12.9. The van der Waals surface area contributed by atoms with Crippen LogP contribution in [0.3, 0.4) is 0 Å². The molecule has 2 rings (SSSR count). The second-order valence-corrected chi connectivity index (χ2v) is 4.96. The molecule has 1 saturated heterocycles. The Hall–Kier alpha value is -1.55. The molecule has 98 valence electrons. The van der Waals surface area contributed by atoms with E-state index in [1.54, 1.807) is 0 Å². The van der Waals surface area contributed by atoms with Crippen LogP contribution in [0.1, 0.15) is 16.8 Å². The number of benzene rings is 1. The predicted molar refractivity (Wildman–Crippen MR) is 73.9 cm³/mol. The standard InChI is InChI=1S/C14H21N3O/c1-15-13-5-3-4-12(8-13)14(18)16-9-11-6-7-17(2)10-11/h3-5,8,11,15H,6-7,9-10H2,1-2H3,(H,16,18). The van der Waals surface area contributed by atoms with Crippen LogP contribution < -0.4 is 10.6 Å². The summed E-state index contributed by atoms with van der Waals surface area (Å²) in [6, 6.07) is 7.56. The molecular formula is C14H21N3O. The number of nitrogens with zero attached hydrogens (tertiary/aromatic N) is 1. The molecule has 0 aromatic heterocycles. The summed E-state index contributed by atoms with van der Waals surface area (Å²) in [6.07, 6.45) is 1.17. The molecule has 1 fully saturated rings. The van der Waals surface area contributed by atoms with Gasteiger partial charge in [-0.25, -0.2) is 0 Å². The molecule has 1 aromatic carbocycles. The van der Waals surface area contributed by atoms with Gasteiger partial charge in [-0.05, 0) is 44.1 Å². The van der Waals surface area contributed by atoms with Crippen molar-refractivity contribution in [3.8, 4) is 0 Å². The third-order valence-electron chi connectivity index (χ3n) is 3.45. The zero-order chi connectivity index (χ0) is 13.0.